The van der Waals surface area contributed by atoms with Crippen molar-refractivity contribution in [1.29, 1.82) is 0 Å². The lowest BCUT2D eigenvalue weighted by atomic mass is 10.1. The fourth-order valence-corrected chi connectivity index (χ4v) is 1.90. The highest BCUT2D eigenvalue weighted by molar-refractivity contribution is 5.40. The maximum Gasteiger partial charge on any atom is 0.125 e. The highest BCUT2D eigenvalue weighted by Crippen LogP contribution is 2.23. The Kier molecular flexibility index (Phi) is 3.88. The van der Waals surface area contributed by atoms with Gasteiger partial charge in [0, 0.05) is 0 Å². The summed E-state index contributed by atoms with van der Waals surface area (Å²) in [6, 6.07) is 14.1. The summed E-state index contributed by atoms with van der Waals surface area (Å²) in [6.07, 6.45) is 0. The number of benzene rings is 2. The van der Waals surface area contributed by atoms with E-state index in [4.69, 9.17) is 9.47 Å². The van der Waals surface area contributed by atoms with Crippen LogP contribution in [0.4, 0.5) is 0 Å². The Morgan fingerprint density at radius 2 is 1.50 bits per heavy atom. The van der Waals surface area contributed by atoms with Gasteiger partial charge in [0.05, 0.1) is 7.11 Å². The van der Waals surface area contributed by atoms with Gasteiger partial charge in [-0.25, -0.2) is 0 Å². The third kappa shape index (κ3) is 2.83. The maximum absolute atomic E-state index is 5.89. The monoisotopic (exact) mass is 242 g/mol. The van der Waals surface area contributed by atoms with Gasteiger partial charge in [-0.15, -0.1) is 0 Å². The van der Waals surface area contributed by atoms with Gasteiger partial charge in [0.25, 0.3) is 0 Å². The first kappa shape index (κ1) is 12.5. The Morgan fingerprint density at radius 3 is 2.06 bits per heavy atom. The van der Waals surface area contributed by atoms with E-state index in [9.17, 15) is 0 Å². The molecule has 0 aliphatic rings. The highest BCUT2D eigenvalue weighted by atomic mass is 16.5. The van der Waals surface area contributed by atoms with Crippen molar-refractivity contribution in [2.75, 3.05) is 7.11 Å². The first-order chi connectivity index (χ1) is 8.70. The predicted octanol–water partition coefficient (Wildman–Crippen LogP) is 3.89. The Bertz CT molecular complexity index is 495. The summed E-state index contributed by atoms with van der Waals surface area (Å²) >= 11 is 0. The van der Waals surface area contributed by atoms with Gasteiger partial charge in [0.1, 0.15) is 18.1 Å². The third-order valence-corrected chi connectivity index (χ3v) is 2.95. The van der Waals surface area contributed by atoms with Crippen LogP contribution in [0.15, 0.2) is 42.5 Å². The molecule has 0 unspecified atom stereocenters. The van der Waals surface area contributed by atoms with Gasteiger partial charge in [-0.2, -0.15) is 0 Å². The molecule has 2 rings (SSSR count). The lowest BCUT2D eigenvalue weighted by Crippen LogP contribution is -1.98. The van der Waals surface area contributed by atoms with Crippen molar-refractivity contribution in [2.24, 2.45) is 0 Å². The van der Waals surface area contributed by atoms with Crippen molar-refractivity contribution >= 4 is 0 Å². The lowest BCUT2D eigenvalue weighted by Gasteiger charge is -2.12. The fourth-order valence-electron chi connectivity index (χ4n) is 1.90. The maximum atomic E-state index is 5.89. The molecule has 0 heterocycles. The predicted molar refractivity (Wildman–Crippen MR) is 73.2 cm³/mol. The molecular weight excluding hydrogens is 224 g/mol. The molecule has 94 valence electrons. The van der Waals surface area contributed by atoms with Crippen LogP contribution in [0, 0.1) is 13.8 Å². The van der Waals surface area contributed by atoms with Crippen LogP contribution in [-0.2, 0) is 6.61 Å². The molecule has 2 nitrogen and oxygen atoms in total. The van der Waals surface area contributed by atoms with E-state index in [1.807, 2.05) is 30.3 Å². The number of methoxy groups -OCH3 is 1. The molecule has 2 heteroatoms. The van der Waals surface area contributed by atoms with Crippen molar-refractivity contribution in [3.63, 3.8) is 0 Å². The first-order valence-electron chi connectivity index (χ1n) is 6.02. The molecule has 0 N–H and O–H groups in total. The molecule has 0 spiro atoms. The molecule has 0 atom stereocenters. The van der Waals surface area contributed by atoms with E-state index in [1.165, 1.54) is 11.1 Å². The number of rotatable bonds is 4. The molecule has 2 aromatic carbocycles. The van der Waals surface area contributed by atoms with Crippen LogP contribution in [0.3, 0.4) is 0 Å². The summed E-state index contributed by atoms with van der Waals surface area (Å²) in [5.41, 5.74) is 3.48. The average Bonchev–Trinajstić information content (AvgIpc) is 2.39. The zero-order chi connectivity index (χ0) is 13.0. The fraction of sp³-hybridized carbons (Fsp3) is 0.250. The van der Waals surface area contributed by atoms with Crippen LogP contribution >= 0.6 is 0 Å². The van der Waals surface area contributed by atoms with Crippen LogP contribution in [0.5, 0.6) is 11.5 Å². The molecule has 0 saturated heterocycles. The van der Waals surface area contributed by atoms with E-state index in [0.29, 0.717) is 6.61 Å². The third-order valence-electron chi connectivity index (χ3n) is 2.95. The van der Waals surface area contributed by atoms with E-state index in [-0.39, 0.29) is 0 Å². The first-order valence-corrected chi connectivity index (χ1v) is 6.02. The number of hydrogen-bond donors (Lipinski definition) is 0. The molecule has 0 bridgehead atoms. The molecule has 0 fully saturated rings. The smallest absolute Gasteiger partial charge is 0.125 e. The second kappa shape index (κ2) is 5.58. The Hall–Kier alpha value is -1.96. The van der Waals surface area contributed by atoms with E-state index in [0.717, 1.165) is 17.1 Å². The van der Waals surface area contributed by atoms with Gasteiger partial charge in [-0.05, 0) is 42.7 Å². The van der Waals surface area contributed by atoms with Gasteiger partial charge < -0.3 is 9.47 Å². The van der Waals surface area contributed by atoms with E-state index in [2.05, 4.69) is 26.0 Å². The normalized spacial score (nSPS) is 10.2. The van der Waals surface area contributed by atoms with Crippen LogP contribution in [0.1, 0.15) is 16.7 Å². The van der Waals surface area contributed by atoms with E-state index >= 15 is 0 Å². The average molecular weight is 242 g/mol. The van der Waals surface area contributed by atoms with Gasteiger partial charge in [-0.1, -0.05) is 30.3 Å². The molecule has 0 aliphatic carbocycles. The van der Waals surface area contributed by atoms with Gasteiger partial charge in [-0.3, -0.25) is 0 Å². The molecule has 0 radical (unpaired) electrons. The van der Waals surface area contributed by atoms with E-state index in [1.54, 1.807) is 7.11 Å². The number of para-hydroxylation sites is 1. The zero-order valence-electron chi connectivity index (χ0n) is 11.1. The number of hydrogen-bond acceptors (Lipinski definition) is 2. The quantitative estimate of drug-likeness (QED) is 0.809. The topological polar surface area (TPSA) is 18.5 Å². The molecular formula is C16H18O2. The summed E-state index contributed by atoms with van der Waals surface area (Å²) in [7, 11) is 1.67. The molecule has 0 saturated carbocycles. The molecule has 2 aromatic rings. The second-order valence-electron chi connectivity index (χ2n) is 4.36. The minimum absolute atomic E-state index is 0.579. The van der Waals surface area contributed by atoms with Crippen molar-refractivity contribution < 1.29 is 9.47 Å². The summed E-state index contributed by atoms with van der Waals surface area (Å²) < 4.78 is 11.0. The van der Waals surface area contributed by atoms with Gasteiger partial charge in [0.15, 0.2) is 0 Å². The minimum atomic E-state index is 0.579. The van der Waals surface area contributed by atoms with Crippen molar-refractivity contribution in [2.45, 2.75) is 20.5 Å². The molecule has 0 amide bonds. The molecule has 0 aliphatic heterocycles. The summed E-state index contributed by atoms with van der Waals surface area (Å²) in [4.78, 5) is 0. The van der Waals surface area contributed by atoms with Crippen LogP contribution in [0.25, 0.3) is 0 Å². The second-order valence-corrected chi connectivity index (χ2v) is 4.36. The summed E-state index contributed by atoms with van der Waals surface area (Å²) in [5, 5.41) is 0. The van der Waals surface area contributed by atoms with Crippen molar-refractivity contribution in [1.82, 2.24) is 0 Å². The van der Waals surface area contributed by atoms with Gasteiger partial charge in [0.2, 0.25) is 0 Å². The lowest BCUT2D eigenvalue weighted by molar-refractivity contribution is 0.301. The highest BCUT2D eigenvalue weighted by Gasteiger charge is 2.03. The van der Waals surface area contributed by atoms with E-state index < -0.39 is 0 Å². The van der Waals surface area contributed by atoms with Crippen LogP contribution < -0.4 is 9.47 Å². The van der Waals surface area contributed by atoms with Crippen LogP contribution in [0.2, 0.25) is 0 Å². The Labute approximate surface area is 108 Å². The van der Waals surface area contributed by atoms with Crippen LogP contribution in [-0.4, -0.2) is 7.11 Å². The molecule has 18 heavy (non-hydrogen) atoms. The summed E-state index contributed by atoms with van der Waals surface area (Å²) in [6.45, 7) is 4.71. The summed E-state index contributed by atoms with van der Waals surface area (Å²) in [5.74, 6) is 1.85. The zero-order valence-corrected chi connectivity index (χ0v) is 11.1. The van der Waals surface area contributed by atoms with Crippen molar-refractivity contribution in [3.8, 4) is 11.5 Å². The molecule has 0 aromatic heterocycles. The standard InChI is InChI=1S/C16H18O2/c1-12-5-4-6-13(2)16(12)18-11-14-7-9-15(17-3)10-8-14/h4-10H,11H2,1-3H3. The minimum Gasteiger partial charge on any atom is -0.497 e. The largest absolute Gasteiger partial charge is 0.497 e. The SMILES string of the molecule is COc1ccc(COc2c(C)cccc2C)cc1. The number of aryl methyl sites for hydroxylation is 2. The van der Waals surface area contributed by atoms with Gasteiger partial charge >= 0.3 is 0 Å². The number of ether oxygens (including phenoxy) is 2. The van der Waals surface area contributed by atoms with Crippen molar-refractivity contribution in [3.05, 3.63) is 59.2 Å². The Morgan fingerprint density at radius 1 is 0.889 bits per heavy atom. The Balaban J connectivity index is 2.06.